The lowest BCUT2D eigenvalue weighted by molar-refractivity contribution is 0.618. The highest BCUT2D eigenvalue weighted by Crippen LogP contribution is 2.25. The molecular weight excluding hydrogens is 315 g/mol. The normalized spacial score (nSPS) is 11.1. The minimum atomic E-state index is -0.204. The summed E-state index contributed by atoms with van der Waals surface area (Å²) in [6, 6.07) is 13.2. The summed E-state index contributed by atoms with van der Waals surface area (Å²) in [4.78, 5) is 8.64. The van der Waals surface area contributed by atoms with Gasteiger partial charge in [0.2, 0.25) is 5.95 Å². The van der Waals surface area contributed by atoms with Crippen molar-refractivity contribution in [3.63, 3.8) is 0 Å². The maximum absolute atomic E-state index is 13.6. The topological polar surface area (TPSA) is 56.2 Å². The molecule has 0 bridgehead atoms. The van der Waals surface area contributed by atoms with Gasteiger partial charge in [0.15, 0.2) is 0 Å². The van der Waals surface area contributed by atoms with Crippen LogP contribution >= 0.6 is 0 Å². The molecule has 2 N–H and O–H groups in total. The number of benzene rings is 1. The highest BCUT2D eigenvalue weighted by molar-refractivity contribution is 5.65. The second kappa shape index (κ2) is 6.02. The monoisotopic (exact) mass is 332 g/mol. The number of nitrogens with zero attached hydrogens (tertiary/aromatic N) is 3. The fourth-order valence-corrected chi connectivity index (χ4v) is 3.03. The Kier molecular flexibility index (Phi) is 3.69. The smallest absolute Gasteiger partial charge is 0.204 e. The molecule has 0 fully saturated rings. The third-order valence-electron chi connectivity index (χ3n) is 4.34. The van der Waals surface area contributed by atoms with Gasteiger partial charge in [0.25, 0.3) is 0 Å². The number of halogens is 1. The molecular formula is C20H17FN4. The summed E-state index contributed by atoms with van der Waals surface area (Å²) in [7, 11) is 0. The summed E-state index contributed by atoms with van der Waals surface area (Å²) in [5, 5.41) is 0. The van der Waals surface area contributed by atoms with Crippen molar-refractivity contribution in [2.75, 3.05) is 5.73 Å². The number of nitrogen functional groups attached to an aromatic ring is 1. The molecule has 0 aliphatic rings. The van der Waals surface area contributed by atoms with Crippen molar-refractivity contribution in [1.82, 2.24) is 14.4 Å². The maximum atomic E-state index is 13.6. The molecule has 124 valence electrons. The van der Waals surface area contributed by atoms with Crippen LogP contribution in [0.15, 0.2) is 61.1 Å². The Labute approximate surface area is 144 Å². The molecule has 0 radical (unpaired) electrons. The van der Waals surface area contributed by atoms with Crippen LogP contribution in [0, 0.1) is 12.7 Å². The third-order valence-corrected chi connectivity index (χ3v) is 4.34. The molecule has 0 unspecified atom stereocenters. The fraction of sp³-hybridized carbons (Fsp3) is 0.100. The van der Waals surface area contributed by atoms with Gasteiger partial charge < -0.3 is 5.73 Å². The highest BCUT2D eigenvalue weighted by atomic mass is 19.1. The molecule has 5 heteroatoms. The Balaban J connectivity index is 1.73. The van der Waals surface area contributed by atoms with Crippen molar-refractivity contribution in [3.8, 4) is 11.3 Å². The molecule has 0 aliphatic carbocycles. The largest absolute Gasteiger partial charge is 0.369 e. The summed E-state index contributed by atoms with van der Waals surface area (Å²) in [5.74, 6) is 0.274. The minimum absolute atomic E-state index is 0.204. The zero-order valence-electron chi connectivity index (χ0n) is 13.8. The number of fused-ring (bicyclic) bond motifs is 1. The lowest BCUT2D eigenvalue weighted by Gasteiger charge is -2.10. The van der Waals surface area contributed by atoms with E-state index in [1.165, 1.54) is 6.07 Å². The lowest BCUT2D eigenvalue weighted by Crippen LogP contribution is -1.98. The van der Waals surface area contributed by atoms with Crippen molar-refractivity contribution >= 4 is 11.5 Å². The maximum Gasteiger partial charge on any atom is 0.204 e. The van der Waals surface area contributed by atoms with Crippen molar-refractivity contribution in [1.29, 1.82) is 0 Å². The number of hydrogen-bond acceptors (Lipinski definition) is 3. The fourth-order valence-electron chi connectivity index (χ4n) is 3.03. The van der Waals surface area contributed by atoms with Crippen LogP contribution in [-0.4, -0.2) is 14.4 Å². The van der Waals surface area contributed by atoms with Gasteiger partial charge >= 0.3 is 0 Å². The molecule has 0 amide bonds. The van der Waals surface area contributed by atoms with Gasteiger partial charge in [0.05, 0.1) is 17.4 Å². The van der Waals surface area contributed by atoms with Gasteiger partial charge in [-0.25, -0.2) is 9.37 Å². The first kappa shape index (κ1) is 15.3. The zero-order chi connectivity index (χ0) is 17.4. The number of rotatable bonds is 3. The van der Waals surface area contributed by atoms with Crippen LogP contribution < -0.4 is 5.73 Å². The van der Waals surface area contributed by atoms with Gasteiger partial charge in [-0.3, -0.25) is 9.38 Å². The molecule has 3 aromatic heterocycles. The molecule has 4 nitrogen and oxygen atoms in total. The van der Waals surface area contributed by atoms with E-state index >= 15 is 0 Å². The molecule has 0 atom stereocenters. The molecule has 25 heavy (non-hydrogen) atoms. The Bertz CT molecular complexity index is 1070. The van der Waals surface area contributed by atoms with E-state index in [0.717, 1.165) is 34.3 Å². The van der Waals surface area contributed by atoms with Crippen LogP contribution in [0.25, 0.3) is 16.8 Å². The molecule has 1 aromatic carbocycles. The predicted molar refractivity (Wildman–Crippen MR) is 96.8 cm³/mol. The van der Waals surface area contributed by atoms with Crippen molar-refractivity contribution in [2.24, 2.45) is 0 Å². The molecule has 3 heterocycles. The number of nitrogens with two attached hydrogens (primary N) is 1. The number of pyridine rings is 2. The van der Waals surface area contributed by atoms with Crippen LogP contribution in [0.3, 0.4) is 0 Å². The molecule has 0 saturated heterocycles. The zero-order valence-corrected chi connectivity index (χ0v) is 13.8. The summed E-state index contributed by atoms with van der Waals surface area (Å²) in [6.07, 6.45) is 6.16. The van der Waals surface area contributed by atoms with Crippen LogP contribution in [0.2, 0.25) is 0 Å². The Morgan fingerprint density at radius 3 is 2.84 bits per heavy atom. The molecule has 0 aliphatic heterocycles. The lowest BCUT2D eigenvalue weighted by atomic mass is 9.99. The number of hydrogen-bond donors (Lipinski definition) is 1. The van der Waals surface area contributed by atoms with E-state index in [4.69, 9.17) is 5.73 Å². The second-order valence-electron chi connectivity index (χ2n) is 6.10. The van der Waals surface area contributed by atoms with Gasteiger partial charge in [-0.05, 0) is 66.4 Å². The molecule has 0 spiro atoms. The van der Waals surface area contributed by atoms with Crippen LogP contribution in [0.1, 0.15) is 16.7 Å². The second-order valence-corrected chi connectivity index (χ2v) is 6.10. The van der Waals surface area contributed by atoms with E-state index in [1.807, 2.05) is 28.8 Å². The van der Waals surface area contributed by atoms with E-state index in [0.29, 0.717) is 11.5 Å². The SMILES string of the molecule is Cc1cc(-c2ncccc2Cc2ccn3c(N)ncc3c2)ccc1F. The average molecular weight is 332 g/mol. The van der Waals surface area contributed by atoms with Crippen LogP contribution in [0.4, 0.5) is 10.3 Å². The number of aromatic nitrogens is 3. The van der Waals surface area contributed by atoms with Crippen molar-refractivity contribution < 1.29 is 4.39 Å². The summed E-state index contributed by atoms with van der Waals surface area (Å²) in [6.45, 7) is 1.76. The molecule has 4 aromatic rings. The van der Waals surface area contributed by atoms with Gasteiger partial charge in [0, 0.05) is 18.0 Å². The van der Waals surface area contributed by atoms with E-state index < -0.39 is 0 Å². The summed E-state index contributed by atoms with van der Waals surface area (Å²) < 4.78 is 15.4. The van der Waals surface area contributed by atoms with Gasteiger partial charge in [-0.1, -0.05) is 6.07 Å². The minimum Gasteiger partial charge on any atom is -0.369 e. The first-order chi connectivity index (χ1) is 12.1. The van der Waals surface area contributed by atoms with E-state index in [2.05, 4.69) is 22.1 Å². The van der Waals surface area contributed by atoms with Crippen LogP contribution in [0.5, 0.6) is 0 Å². The number of anilines is 1. The third kappa shape index (κ3) is 2.85. The van der Waals surface area contributed by atoms with Gasteiger partial charge in [-0.15, -0.1) is 0 Å². The van der Waals surface area contributed by atoms with Crippen molar-refractivity contribution in [3.05, 3.63) is 83.6 Å². The van der Waals surface area contributed by atoms with E-state index in [-0.39, 0.29) is 5.82 Å². The van der Waals surface area contributed by atoms with E-state index in [9.17, 15) is 4.39 Å². The summed E-state index contributed by atoms with van der Waals surface area (Å²) in [5.41, 5.74) is 11.4. The average Bonchev–Trinajstić information content (AvgIpc) is 2.98. The highest BCUT2D eigenvalue weighted by Gasteiger charge is 2.10. The number of imidazole rings is 1. The standard InChI is InChI=1S/C20H17FN4/c1-13-9-16(4-5-18(13)21)19-15(3-2-7-23-19)10-14-6-8-25-17(11-14)12-24-20(25)22/h2-9,11-12H,10H2,1H3,(H2,22,24). The van der Waals surface area contributed by atoms with Gasteiger partial charge in [0.1, 0.15) is 5.82 Å². The molecule has 4 rings (SSSR count). The van der Waals surface area contributed by atoms with E-state index in [1.54, 1.807) is 25.4 Å². The summed E-state index contributed by atoms with van der Waals surface area (Å²) >= 11 is 0. The predicted octanol–water partition coefficient (Wildman–Crippen LogP) is 4.02. The molecule has 0 saturated carbocycles. The Morgan fingerprint density at radius 2 is 2.00 bits per heavy atom. The quantitative estimate of drug-likeness (QED) is 0.616. The Hall–Kier alpha value is -3.21. The van der Waals surface area contributed by atoms with Crippen molar-refractivity contribution in [2.45, 2.75) is 13.3 Å². The first-order valence-electron chi connectivity index (χ1n) is 8.04. The first-order valence-corrected chi connectivity index (χ1v) is 8.04. The number of aryl methyl sites for hydroxylation is 1. The Morgan fingerprint density at radius 1 is 1.12 bits per heavy atom. The van der Waals surface area contributed by atoms with Gasteiger partial charge in [-0.2, -0.15) is 0 Å². The van der Waals surface area contributed by atoms with Crippen LogP contribution in [-0.2, 0) is 6.42 Å².